The molecule has 0 saturated heterocycles. The molecule has 0 aliphatic rings. The molecule has 0 aliphatic carbocycles. The molecule has 56 heavy (non-hydrogen) atoms. The van der Waals surface area contributed by atoms with Crippen LogP contribution in [0, 0.1) is 0 Å². The molecule has 0 amide bonds. The quantitative estimate of drug-likeness (QED) is 0.178. The van der Waals surface area contributed by atoms with E-state index >= 15 is 0 Å². The van der Waals surface area contributed by atoms with Crippen LogP contribution < -0.4 is 0 Å². The van der Waals surface area contributed by atoms with Crippen LogP contribution in [-0.4, -0.2) is 24.1 Å². The van der Waals surface area contributed by atoms with Gasteiger partial charge in [-0.1, -0.05) is 133 Å². The zero-order valence-corrected chi connectivity index (χ0v) is 30.0. The molecule has 4 aromatic heterocycles. The van der Waals surface area contributed by atoms with Crippen molar-refractivity contribution in [3.63, 3.8) is 0 Å². The maximum atomic E-state index is 6.35. The fourth-order valence-electron chi connectivity index (χ4n) is 8.71. The van der Waals surface area contributed by atoms with Crippen molar-refractivity contribution >= 4 is 65.6 Å². The Balaban J connectivity index is 1.09. The fraction of sp³-hybridized carbons (Fsp3) is 0. The van der Waals surface area contributed by atoms with Crippen LogP contribution in [0.5, 0.6) is 0 Å². The summed E-state index contributed by atoms with van der Waals surface area (Å²) in [5, 5.41) is 16.5. The van der Waals surface area contributed by atoms with Crippen LogP contribution in [0.3, 0.4) is 0 Å². The number of benzene rings is 8. The minimum atomic E-state index is 0.844. The van der Waals surface area contributed by atoms with Crippen molar-refractivity contribution in [3.8, 4) is 39.6 Å². The van der Waals surface area contributed by atoms with Crippen LogP contribution >= 0.6 is 0 Å². The van der Waals surface area contributed by atoms with Crippen LogP contribution in [0.25, 0.3) is 105 Å². The lowest BCUT2D eigenvalue weighted by Crippen LogP contribution is -2.01. The molecule has 0 radical (unpaired) electrons. The van der Waals surface area contributed by atoms with Gasteiger partial charge >= 0.3 is 0 Å². The second kappa shape index (κ2) is 11.9. The van der Waals surface area contributed by atoms with E-state index in [0.29, 0.717) is 0 Å². The van der Waals surface area contributed by atoms with Gasteiger partial charge in [0.1, 0.15) is 22.6 Å². The van der Waals surface area contributed by atoms with Gasteiger partial charge in [-0.3, -0.25) is 0 Å². The Kier molecular flexibility index (Phi) is 6.53. The highest BCUT2D eigenvalue weighted by molar-refractivity contribution is 6.17. The van der Waals surface area contributed by atoms with Gasteiger partial charge in [-0.25, -0.2) is 4.68 Å². The summed E-state index contributed by atoms with van der Waals surface area (Å²) >= 11 is 0. The number of hydrogen-bond acceptors (Lipinski definition) is 3. The number of furan rings is 1. The van der Waals surface area contributed by atoms with Crippen LogP contribution in [0.15, 0.2) is 192 Å². The molecular weight excluding hydrogens is 687 g/mol. The van der Waals surface area contributed by atoms with Crippen LogP contribution in [0.1, 0.15) is 0 Å². The Hall–Kier alpha value is -7.70. The smallest absolute Gasteiger partial charge is 0.136 e. The average molecular weight is 718 g/mol. The number of rotatable bonds is 5. The first-order chi connectivity index (χ1) is 27.8. The summed E-state index contributed by atoms with van der Waals surface area (Å²) in [4.78, 5) is 0. The Morgan fingerprint density at radius 2 is 0.946 bits per heavy atom. The van der Waals surface area contributed by atoms with Gasteiger partial charge in [-0.15, -0.1) is 5.10 Å². The highest BCUT2D eigenvalue weighted by Crippen LogP contribution is 2.40. The molecule has 6 nitrogen and oxygen atoms in total. The minimum Gasteiger partial charge on any atom is -0.456 e. The zero-order chi connectivity index (χ0) is 36.7. The second-order valence-corrected chi connectivity index (χ2v) is 14.3. The molecule has 0 aliphatic heterocycles. The Labute approximate surface area is 320 Å². The van der Waals surface area contributed by atoms with E-state index in [1.807, 2.05) is 41.1 Å². The Morgan fingerprint density at radius 1 is 0.357 bits per heavy atom. The fourth-order valence-corrected chi connectivity index (χ4v) is 8.71. The van der Waals surface area contributed by atoms with E-state index in [0.717, 1.165) is 89.0 Å². The molecule has 0 fully saturated rings. The van der Waals surface area contributed by atoms with Crippen molar-refractivity contribution in [1.82, 2.24) is 24.1 Å². The molecule has 6 heteroatoms. The summed E-state index contributed by atoms with van der Waals surface area (Å²) in [7, 11) is 0. The molecule has 0 unspecified atom stereocenters. The van der Waals surface area contributed by atoms with E-state index in [4.69, 9.17) is 14.7 Å². The summed E-state index contributed by atoms with van der Waals surface area (Å²) in [5.74, 6) is 0. The van der Waals surface area contributed by atoms with Crippen LogP contribution in [0.4, 0.5) is 0 Å². The van der Waals surface area contributed by atoms with E-state index in [1.165, 1.54) is 16.2 Å². The molecule has 262 valence electrons. The average Bonchev–Trinajstić information content (AvgIpc) is 4.03. The van der Waals surface area contributed by atoms with Gasteiger partial charge < -0.3 is 13.6 Å². The van der Waals surface area contributed by atoms with Gasteiger partial charge in [0.2, 0.25) is 0 Å². The molecule has 0 N–H and O–H groups in total. The van der Waals surface area contributed by atoms with Crippen molar-refractivity contribution in [2.24, 2.45) is 0 Å². The van der Waals surface area contributed by atoms with Gasteiger partial charge in [0.15, 0.2) is 0 Å². The van der Waals surface area contributed by atoms with E-state index in [2.05, 4.69) is 161 Å². The minimum absolute atomic E-state index is 0.844. The van der Waals surface area contributed by atoms with E-state index < -0.39 is 0 Å². The largest absolute Gasteiger partial charge is 0.456 e. The third-order valence-corrected chi connectivity index (χ3v) is 11.2. The highest BCUT2D eigenvalue weighted by atomic mass is 16.3. The topological polar surface area (TPSA) is 53.7 Å². The first kappa shape index (κ1) is 30.7. The number of para-hydroxylation sites is 3. The SMILES string of the molecule is c1ccc(-c2nnn(-c3ccc4c5ccccc5n(-c5cccc(-n6c7ccccc7c7cc8oc9ccccc9c8cc76)c5)c4c3)c2-c2ccccc2)cc1. The molecule has 12 aromatic rings. The maximum Gasteiger partial charge on any atom is 0.136 e. The van der Waals surface area contributed by atoms with Gasteiger partial charge in [0, 0.05) is 54.8 Å². The summed E-state index contributed by atoms with van der Waals surface area (Å²) in [6.45, 7) is 0. The lowest BCUT2D eigenvalue weighted by atomic mass is 10.0. The molecule has 0 atom stereocenters. The number of fused-ring (bicyclic) bond motifs is 9. The third-order valence-electron chi connectivity index (χ3n) is 11.2. The molecule has 0 bridgehead atoms. The van der Waals surface area contributed by atoms with Gasteiger partial charge in [0.05, 0.1) is 27.8 Å². The zero-order valence-electron chi connectivity index (χ0n) is 30.0. The van der Waals surface area contributed by atoms with Gasteiger partial charge in [-0.05, 0) is 60.7 Å². The van der Waals surface area contributed by atoms with Gasteiger partial charge in [0.25, 0.3) is 0 Å². The summed E-state index contributed by atoms with van der Waals surface area (Å²) in [5.41, 5.74) is 13.3. The van der Waals surface area contributed by atoms with Gasteiger partial charge in [-0.2, -0.15) is 0 Å². The molecule has 4 heterocycles. The van der Waals surface area contributed by atoms with E-state index in [1.54, 1.807) is 0 Å². The highest BCUT2D eigenvalue weighted by Gasteiger charge is 2.21. The number of aromatic nitrogens is 5. The van der Waals surface area contributed by atoms with Crippen molar-refractivity contribution < 1.29 is 4.42 Å². The maximum absolute atomic E-state index is 6.35. The molecule has 8 aromatic carbocycles. The number of hydrogen-bond donors (Lipinski definition) is 0. The molecule has 0 spiro atoms. The summed E-state index contributed by atoms with van der Waals surface area (Å²) in [6.07, 6.45) is 0. The first-order valence-electron chi connectivity index (χ1n) is 18.8. The van der Waals surface area contributed by atoms with Crippen LogP contribution in [0.2, 0.25) is 0 Å². The number of nitrogens with zero attached hydrogens (tertiary/aromatic N) is 5. The predicted octanol–water partition coefficient (Wildman–Crippen LogP) is 12.7. The third kappa shape index (κ3) is 4.50. The lowest BCUT2D eigenvalue weighted by Gasteiger charge is -2.13. The molecule has 12 rings (SSSR count). The predicted molar refractivity (Wildman–Crippen MR) is 228 cm³/mol. The Morgan fingerprint density at radius 3 is 1.68 bits per heavy atom. The normalized spacial score (nSPS) is 11.9. The summed E-state index contributed by atoms with van der Waals surface area (Å²) in [6, 6.07) is 66.3. The first-order valence-corrected chi connectivity index (χ1v) is 18.8. The molecular formula is C50H31N5O. The van der Waals surface area contributed by atoms with Crippen molar-refractivity contribution in [2.75, 3.05) is 0 Å². The molecule has 0 saturated carbocycles. The monoisotopic (exact) mass is 717 g/mol. The standard InChI is InChI=1S/C50H31N5O/c1-3-14-32(15-4-1)49-50(33-16-5-2-6-17-33)55(52-51-49)36-26-27-39-37-20-7-10-23-43(37)53(45(39)29-36)34-18-13-19-35(28-34)54-44-24-11-8-21-38(44)41-31-48-42(30-46(41)54)40-22-9-12-25-47(40)56-48/h1-31H. The Bertz CT molecular complexity index is 3480. The van der Waals surface area contributed by atoms with Crippen molar-refractivity contribution in [3.05, 3.63) is 188 Å². The van der Waals surface area contributed by atoms with Crippen LogP contribution in [-0.2, 0) is 0 Å². The summed E-state index contributed by atoms with van der Waals surface area (Å²) < 4.78 is 13.1. The van der Waals surface area contributed by atoms with E-state index in [9.17, 15) is 0 Å². The second-order valence-electron chi connectivity index (χ2n) is 14.3. The lowest BCUT2D eigenvalue weighted by molar-refractivity contribution is 0.669. The van der Waals surface area contributed by atoms with E-state index in [-0.39, 0.29) is 0 Å². The van der Waals surface area contributed by atoms with Crippen molar-refractivity contribution in [2.45, 2.75) is 0 Å². The van der Waals surface area contributed by atoms with Crippen molar-refractivity contribution in [1.29, 1.82) is 0 Å².